The highest BCUT2D eigenvalue weighted by molar-refractivity contribution is 5.97. The number of hydrogen-bond donors (Lipinski definition) is 1. The minimum atomic E-state index is -0.129. The van der Waals surface area contributed by atoms with Crippen molar-refractivity contribution in [1.29, 1.82) is 0 Å². The van der Waals surface area contributed by atoms with Crippen molar-refractivity contribution < 1.29 is 13.9 Å². The van der Waals surface area contributed by atoms with Crippen molar-refractivity contribution in [1.82, 2.24) is 5.32 Å². The molecule has 1 heterocycles. The van der Waals surface area contributed by atoms with Gasteiger partial charge in [-0.1, -0.05) is 30.3 Å². The number of carbonyl (C=O) groups is 1. The molecule has 140 valence electrons. The van der Waals surface area contributed by atoms with Crippen LogP contribution in [-0.2, 0) is 4.79 Å². The Morgan fingerprint density at radius 2 is 2.00 bits per heavy atom. The van der Waals surface area contributed by atoms with Crippen molar-refractivity contribution in [2.75, 3.05) is 6.61 Å². The molecular formula is C23H25NO3. The summed E-state index contributed by atoms with van der Waals surface area (Å²) in [4.78, 5) is 12.5. The van der Waals surface area contributed by atoms with Gasteiger partial charge in [-0.2, -0.15) is 0 Å². The first-order valence-corrected chi connectivity index (χ1v) is 9.18. The molecule has 1 N–H and O–H groups in total. The molecule has 1 aromatic heterocycles. The van der Waals surface area contributed by atoms with E-state index in [9.17, 15) is 4.79 Å². The second kappa shape index (κ2) is 8.12. The van der Waals surface area contributed by atoms with Crippen LogP contribution in [0.25, 0.3) is 16.5 Å². The molecule has 0 saturated heterocycles. The summed E-state index contributed by atoms with van der Waals surface area (Å²) < 4.78 is 11.3. The minimum Gasteiger partial charge on any atom is -0.493 e. The molecule has 3 rings (SSSR count). The molecule has 0 bridgehead atoms. The number of carbonyl (C=O) groups excluding carboxylic acids is 1. The zero-order chi connectivity index (χ0) is 19.4. The summed E-state index contributed by atoms with van der Waals surface area (Å²) in [5.41, 5.74) is 4.66. The van der Waals surface area contributed by atoms with Crippen LogP contribution in [0.4, 0.5) is 0 Å². The third kappa shape index (κ3) is 4.22. The standard InChI is InChI=1S/C23H25NO3/c1-5-26-21-13-22-20(16(3)14-27-22)12-19(21)15(2)11-23(25)24-17(4)18-9-7-6-8-10-18/h6-14,17H,5H2,1-4H3,(H,24,25)/b15-11+. The smallest absolute Gasteiger partial charge is 0.244 e. The molecule has 0 aliphatic carbocycles. The number of benzene rings is 2. The number of allylic oxidation sites excluding steroid dienone is 1. The number of ether oxygens (including phenoxy) is 1. The van der Waals surface area contributed by atoms with Crippen molar-refractivity contribution in [3.63, 3.8) is 0 Å². The van der Waals surface area contributed by atoms with E-state index in [4.69, 9.17) is 9.15 Å². The molecule has 4 nitrogen and oxygen atoms in total. The lowest BCUT2D eigenvalue weighted by molar-refractivity contribution is -0.117. The van der Waals surface area contributed by atoms with E-state index in [1.807, 2.05) is 70.2 Å². The lowest BCUT2D eigenvalue weighted by atomic mass is 10.0. The molecule has 0 aliphatic rings. The van der Waals surface area contributed by atoms with Crippen molar-refractivity contribution in [2.45, 2.75) is 33.7 Å². The van der Waals surface area contributed by atoms with E-state index in [-0.39, 0.29) is 11.9 Å². The van der Waals surface area contributed by atoms with Gasteiger partial charge in [-0.05, 0) is 50.5 Å². The Hall–Kier alpha value is -3.01. The quantitative estimate of drug-likeness (QED) is 0.595. The fourth-order valence-electron chi connectivity index (χ4n) is 3.12. The summed E-state index contributed by atoms with van der Waals surface area (Å²) >= 11 is 0. The summed E-state index contributed by atoms with van der Waals surface area (Å²) in [6.45, 7) is 8.38. The maximum Gasteiger partial charge on any atom is 0.244 e. The van der Waals surface area contributed by atoms with E-state index < -0.39 is 0 Å². The second-order valence-electron chi connectivity index (χ2n) is 6.66. The molecule has 27 heavy (non-hydrogen) atoms. The Morgan fingerprint density at radius 1 is 1.26 bits per heavy atom. The van der Waals surface area contributed by atoms with Crippen LogP contribution in [0.5, 0.6) is 5.75 Å². The molecule has 0 spiro atoms. The molecule has 3 aromatic rings. The number of hydrogen-bond acceptors (Lipinski definition) is 3. The normalized spacial score (nSPS) is 12.8. The highest BCUT2D eigenvalue weighted by Gasteiger charge is 2.14. The lowest BCUT2D eigenvalue weighted by Crippen LogP contribution is -2.24. The number of amides is 1. The van der Waals surface area contributed by atoms with Crippen molar-refractivity contribution >= 4 is 22.4 Å². The molecular weight excluding hydrogens is 338 g/mol. The first-order valence-electron chi connectivity index (χ1n) is 9.18. The zero-order valence-corrected chi connectivity index (χ0v) is 16.2. The van der Waals surface area contributed by atoms with Crippen LogP contribution in [-0.4, -0.2) is 12.5 Å². The van der Waals surface area contributed by atoms with Gasteiger partial charge in [-0.25, -0.2) is 0 Å². The molecule has 1 atom stereocenters. The average Bonchev–Trinajstić information content (AvgIpc) is 3.02. The summed E-state index contributed by atoms with van der Waals surface area (Å²) in [5, 5.41) is 4.04. The van der Waals surface area contributed by atoms with Crippen molar-refractivity contribution in [3.05, 3.63) is 71.5 Å². The molecule has 0 aliphatic heterocycles. The SMILES string of the molecule is CCOc1cc2occ(C)c2cc1/C(C)=C/C(=O)NC(C)c1ccccc1. The fraction of sp³-hybridized carbons (Fsp3) is 0.261. The van der Waals surface area contributed by atoms with Gasteiger partial charge in [0.05, 0.1) is 18.9 Å². The minimum absolute atomic E-state index is 0.0623. The Bertz CT molecular complexity index is 970. The van der Waals surface area contributed by atoms with Gasteiger partial charge in [0, 0.05) is 23.1 Å². The largest absolute Gasteiger partial charge is 0.493 e. The number of aryl methyl sites for hydroxylation is 1. The van der Waals surface area contributed by atoms with E-state index in [0.717, 1.165) is 39.0 Å². The van der Waals surface area contributed by atoms with Gasteiger partial charge in [0.1, 0.15) is 11.3 Å². The molecule has 2 aromatic carbocycles. The monoisotopic (exact) mass is 363 g/mol. The summed E-state index contributed by atoms with van der Waals surface area (Å²) in [6.07, 6.45) is 3.36. The Balaban J connectivity index is 1.87. The van der Waals surface area contributed by atoms with Gasteiger partial charge in [-0.3, -0.25) is 4.79 Å². The predicted molar refractivity (Wildman–Crippen MR) is 109 cm³/mol. The molecule has 0 fully saturated rings. The van der Waals surface area contributed by atoms with Crippen LogP contribution >= 0.6 is 0 Å². The van der Waals surface area contributed by atoms with E-state index in [0.29, 0.717) is 6.61 Å². The van der Waals surface area contributed by atoms with Crippen LogP contribution < -0.4 is 10.1 Å². The summed E-state index contributed by atoms with van der Waals surface area (Å²) in [5.74, 6) is 0.590. The molecule has 4 heteroatoms. The first-order chi connectivity index (χ1) is 13.0. The first kappa shape index (κ1) is 18.8. The number of rotatable bonds is 6. The van der Waals surface area contributed by atoms with E-state index in [1.54, 1.807) is 12.3 Å². The zero-order valence-electron chi connectivity index (χ0n) is 16.2. The van der Waals surface area contributed by atoms with E-state index in [1.165, 1.54) is 0 Å². The maximum atomic E-state index is 12.5. The van der Waals surface area contributed by atoms with Gasteiger partial charge in [0.15, 0.2) is 0 Å². The van der Waals surface area contributed by atoms with Crippen molar-refractivity contribution in [2.24, 2.45) is 0 Å². The van der Waals surface area contributed by atoms with Crippen LogP contribution in [0.2, 0.25) is 0 Å². The lowest BCUT2D eigenvalue weighted by Gasteiger charge is -2.14. The van der Waals surface area contributed by atoms with Crippen LogP contribution in [0.15, 0.2) is 59.2 Å². The van der Waals surface area contributed by atoms with Gasteiger partial charge in [-0.15, -0.1) is 0 Å². The van der Waals surface area contributed by atoms with Gasteiger partial charge >= 0.3 is 0 Å². The van der Waals surface area contributed by atoms with Gasteiger partial charge < -0.3 is 14.5 Å². The Kier molecular flexibility index (Phi) is 5.65. The second-order valence-corrected chi connectivity index (χ2v) is 6.66. The third-order valence-electron chi connectivity index (χ3n) is 4.60. The van der Waals surface area contributed by atoms with Crippen LogP contribution in [0.1, 0.15) is 43.5 Å². The van der Waals surface area contributed by atoms with E-state index >= 15 is 0 Å². The maximum absolute atomic E-state index is 12.5. The predicted octanol–water partition coefficient (Wildman–Crippen LogP) is 5.42. The number of nitrogens with one attached hydrogen (secondary N) is 1. The number of fused-ring (bicyclic) bond motifs is 1. The van der Waals surface area contributed by atoms with Crippen LogP contribution in [0.3, 0.4) is 0 Å². The summed E-state index contributed by atoms with van der Waals surface area (Å²) in [7, 11) is 0. The molecule has 1 unspecified atom stereocenters. The van der Waals surface area contributed by atoms with E-state index in [2.05, 4.69) is 5.32 Å². The third-order valence-corrected chi connectivity index (χ3v) is 4.60. The Labute approximate surface area is 159 Å². The topological polar surface area (TPSA) is 51.5 Å². The summed E-state index contributed by atoms with van der Waals surface area (Å²) in [6, 6.07) is 13.8. The number of furan rings is 1. The highest BCUT2D eigenvalue weighted by Crippen LogP contribution is 2.33. The Morgan fingerprint density at radius 3 is 2.70 bits per heavy atom. The van der Waals surface area contributed by atoms with Crippen molar-refractivity contribution in [3.8, 4) is 5.75 Å². The molecule has 1 amide bonds. The average molecular weight is 363 g/mol. The molecule has 0 saturated carbocycles. The van der Waals surface area contributed by atoms with Gasteiger partial charge in [0.2, 0.25) is 5.91 Å². The highest BCUT2D eigenvalue weighted by atomic mass is 16.5. The fourth-order valence-corrected chi connectivity index (χ4v) is 3.12. The van der Waals surface area contributed by atoms with Crippen LogP contribution in [0, 0.1) is 6.92 Å². The van der Waals surface area contributed by atoms with Gasteiger partial charge in [0.25, 0.3) is 0 Å². The molecule has 0 radical (unpaired) electrons.